The predicted molar refractivity (Wildman–Crippen MR) is 107 cm³/mol. The summed E-state index contributed by atoms with van der Waals surface area (Å²) in [6, 6.07) is 18.2. The van der Waals surface area contributed by atoms with Gasteiger partial charge in [-0.1, -0.05) is 42.5 Å². The van der Waals surface area contributed by atoms with Crippen molar-refractivity contribution in [1.29, 1.82) is 0 Å². The van der Waals surface area contributed by atoms with Gasteiger partial charge in [0.1, 0.15) is 11.5 Å². The number of hydrogen-bond donors (Lipinski definition) is 0. The minimum Gasteiger partial charge on any atom is -0.463 e. The third-order valence-electron chi connectivity index (χ3n) is 5.04. The Bertz CT molecular complexity index is 1140. The Morgan fingerprint density at radius 2 is 1.79 bits per heavy atom. The molecule has 28 heavy (non-hydrogen) atoms. The van der Waals surface area contributed by atoms with Crippen LogP contribution in [0.2, 0.25) is 0 Å². The zero-order valence-corrected chi connectivity index (χ0v) is 15.9. The van der Waals surface area contributed by atoms with Crippen LogP contribution in [0.4, 0.5) is 4.39 Å². The first-order valence-electron chi connectivity index (χ1n) is 9.14. The van der Waals surface area contributed by atoms with E-state index in [1.807, 2.05) is 22.8 Å². The van der Waals surface area contributed by atoms with Crippen molar-refractivity contribution >= 4 is 17.0 Å². The highest BCUT2D eigenvalue weighted by Gasteiger charge is 2.21. The lowest BCUT2D eigenvalue weighted by molar-refractivity contribution is 0.0774. The van der Waals surface area contributed by atoms with Crippen LogP contribution in [0.1, 0.15) is 27.2 Å². The maximum atomic E-state index is 14.0. The van der Waals surface area contributed by atoms with Crippen molar-refractivity contribution in [2.45, 2.75) is 20.0 Å². The highest BCUT2D eigenvalue weighted by atomic mass is 19.1. The van der Waals surface area contributed by atoms with Crippen LogP contribution < -0.4 is 0 Å². The first kappa shape index (κ1) is 18.0. The minimum absolute atomic E-state index is 0.178. The number of amides is 1. The van der Waals surface area contributed by atoms with E-state index >= 15 is 0 Å². The second-order valence-electron chi connectivity index (χ2n) is 6.96. The standard InChI is InChI=1S/C23H21FN2O2/c1-16-7-3-4-8-17(16)15-26-20-11-12-28-22(20)13-21(26)23(27)25(2)14-18-9-5-6-10-19(18)24/h3-13H,14-15H2,1-2H3. The number of benzene rings is 2. The Balaban J connectivity index is 1.68. The summed E-state index contributed by atoms with van der Waals surface area (Å²) >= 11 is 0. The van der Waals surface area contributed by atoms with Crippen LogP contribution in [-0.2, 0) is 13.1 Å². The average molecular weight is 376 g/mol. The summed E-state index contributed by atoms with van der Waals surface area (Å²) in [5, 5.41) is 0. The number of rotatable bonds is 5. The maximum Gasteiger partial charge on any atom is 0.270 e. The molecule has 0 atom stereocenters. The fraction of sp³-hybridized carbons (Fsp3) is 0.174. The molecule has 4 aromatic rings. The number of nitrogens with zero attached hydrogens (tertiary/aromatic N) is 2. The lowest BCUT2D eigenvalue weighted by Gasteiger charge is -2.19. The molecular formula is C23H21FN2O2. The van der Waals surface area contributed by atoms with Crippen LogP contribution in [0.15, 0.2) is 71.3 Å². The number of halogens is 1. The van der Waals surface area contributed by atoms with Gasteiger partial charge in [-0.3, -0.25) is 4.79 Å². The normalized spacial score (nSPS) is 11.1. The summed E-state index contributed by atoms with van der Waals surface area (Å²) in [5.41, 5.74) is 4.83. The molecule has 4 rings (SSSR count). The van der Waals surface area contributed by atoms with Crippen LogP contribution in [0.3, 0.4) is 0 Å². The molecule has 0 saturated heterocycles. The van der Waals surface area contributed by atoms with Gasteiger partial charge >= 0.3 is 0 Å². The van der Waals surface area contributed by atoms with Crippen molar-refractivity contribution in [3.05, 3.63) is 95.1 Å². The van der Waals surface area contributed by atoms with Gasteiger partial charge in [-0.2, -0.15) is 0 Å². The topological polar surface area (TPSA) is 38.4 Å². The number of hydrogen-bond acceptors (Lipinski definition) is 2. The molecule has 0 bridgehead atoms. The maximum absolute atomic E-state index is 14.0. The van der Waals surface area contributed by atoms with Gasteiger partial charge < -0.3 is 13.9 Å². The molecule has 0 N–H and O–H groups in total. The molecule has 0 saturated carbocycles. The smallest absolute Gasteiger partial charge is 0.270 e. The van der Waals surface area contributed by atoms with Gasteiger partial charge in [0, 0.05) is 37.8 Å². The van der Waals surface area contributed by atoms with E-state index < -0.39 is 0 Å². The minimum atomic E-state index is -0.314. The van der Waals surface area contributed by atoms with E-state index in [1.165, 1.54) is 11.0 Å². The number of furan rings is 1. The molecule has 0 aliphatic heterocycles. The molecule has 0 radical (unpaired) electrons. The summed E-state index contributed by atoms with van der Waals surface area (Å²) in [5.74, 6) is -0.491. The quantitative estimate of drug-likeness (QED) is 0.491. The molecule has 0 spiro atoms. The summed E-state index contributed by atoms with van der Waals surface area (Å²) in [6.45, 7) is 2.81. The first-order chi connectivity index (χ1) is 13.5. The van der Waals surface area contributed by atoms with E-state index in [2.05, 4.69) is 19.1 Å². The molecule has 5 heteroatoms. The molecule has 0 aliphatic rings. The fourth-order valence-electron chi connectivity index (χ4n) is 3.43. The van der Waals surface area contributed by atoms with Crippen molar-refractivity contribution in [1.82, 2.24) is 9.47 Å². The van der Waals surface area contributed by atoms with Gasteiger partial charge in [-0.15, -0.1) is 0 Å². The van der Waals surface area contributed by atoms with Crippen molar-refractivity contribution in [3.63, 3.8) is 0 Å². The summed E-state index contributed by atoms with van der Waals surface area (Å²) in [4.78, 5) is 14.7. The number of fused-ring (bicyclic) bond motifs is 1. The fourth-order valence-corrected chi connectivity index (χ4v) is 3.43. The summed E-state index contributed by atoms with van der Waals surface area (Å²) < 4.78 is 21.5. The van der Waals surface area contributed by atoms with Crippen LogP contribution >= 0.6 is 0 Å². The number of aryl methyl sites for hydroxylation is 1. The average Bonchev–Trinajstić information content (AvgIpc) is 3.27. The largest absolute Gasteiger partial charge is 0.463 e. The van der Waals surface area contributed by atoms with Gasteiger partial charge in [0.15, 0.2) is 5.58 Å². The number of carbonyl (C=O) groups is 1. The molecule has 0 unspecified atom stereocenters. The SMILES string of the molecule is Cc1ccccc1Cn1c(C(=O)N(C)Cc2ccccc2F)cc2occc21. The summed E-state index contributed by atoms with van der Waals surface area (Å²) in [7, 11) is 1.68. The molecule has 142 valence electrons. The Morgan fingerprint density at radius 3 is 2.54 bits per heavy atom. The van der Waals surface area contributed by atoms with Gasteiger partial charge in [0.25, 0.3) is 5.91 Å². The molecule has 2 aromatic carbocycles. The van der Waals surface area contributed by atoms with Crippen molar-refractivity contribution in [2.24, 2.45) is 0 Å². The van der Waals surface area contributed by atoms with E-state index in [0.29, 0.717) is 23.4 Å². The van der Waals surface area contributed by atoms with Crippen molar-refractivity contribution < 1.29 is 13.6 Å². The number of aromatic nitrogens is 1. The predicted octanol–water partition coefficient (Wildman–Crippen LogP) is 5.00. The molecular weight excluding hydrogens is 355 g/mol. The number of carbonyl (C=O) groups excluding carboxylic acids is 1. The third-order valence-corrected chi connectivity index (χ3v) is 5.04. The lowest BCUT2D eigenvalue weighted by atomic mass is 10.1. The summed E-state index contributed by atoms with van der Waals surface area (Å²) in [6.07, 6.45) is 1.62. The van der Waals surface area contributed by atoms with Gasteiger partial charge in [-0.25, -0.2) is 4.39 Å². The Morgan fingerprint density at radius 1 is 1.07 bits per heavy atom. The van der Waals surface area contributed by atoms with Gasteiger partial charge in [0.2, 0.25) is 0 Å². The molecule has 4 nitrogen and oxygen atoms in total. The van der Waals surface area contributed by atoms with E-state index in [-0.39, 0.29) is 18.3 Å². The van der Waals surface area contributed by atoms with Crippen LogP contribution in [0.5, 0.6) is 0 Å². The van der Waals surface area contributed by atoms with Crippen LogP contribution in [0, 0.1) is 12.7 Å². The Labute approximate surface area is 162 Å². The van der Waals surface area contributed by atoms with Crippen LogP contribution in [-0.4, -0.2) is 22.4 Å². The Kier molecular flexibility index (Phi) is 4.74. The molecule has 0 aliphatic carbocycles. The highest BCUT2D eigenvalue weighted by molar-refractivity contribution is 5.97. The molecule has 0 fully saturated rings. The highest BCUT2D eigenvalue weighted by Crippen LogP contribution is 2.25. The second kappa shape index (κ2) is 7.35. The van der Waals surface area contributed by atoms with Crippen molar-refractivity contribution in [2.75, 3.05) is 7.05 Å². The zero-order valence-electron chi connectivity index (χ0n) is 15.9. The van der Waals surface area contributed by atoms with E-state index in [0.717, 1.165) is 16.6 Å². The van der Waals surface area contributed by atoms with E-state index in [1.54, 1.807) is 37.6 Å². The Hall–Kier alpha value is -3.34. The molecule has 2 aromatic heterocycles. The van der Waals surface area contributed by atoms with E-state index in [4.69, 9.17) is 4.42 Å². The third kappa shape index (κ3) is 3.31. The lowest BCUT2D eigenvalue weighted by Crippen LogP contribution is -2.28. The second-order valence-corrected chi connectivity index (χ2v) is 6.96. The van der Waals surface area contributed by atoms with Crippen molar-refractivity contribution in [3.8, 4) is 0 Å². The van der Waals surface area contributed by atoms with Gasteiger partial charge in [-0.05, 0) is 24.1 Å². The monoisotopic (exact) mass is 376 g/mol. The van der Waals surface area contributed by atoms with Gasteiger partial charge in [0.05, 0.1) is 11.8 Å². The molecule has 1 amide bonds. The van der Waals surface area contributed by atoms with E-state index in [9.17, 15) is 9.18 Å². The van der Waals surface area contributed by atoms with Crippen LogP contribution in [0.25, 0.3) is 11.1 Å². The zero-order chi connectivity index (χ0) is 19.7. The first-order valence-corrected chi connectivity index (χ1v) is 9.14. The molecule has 2 heterocycles.